The Morgan fingerprint density at radius 1 is 1.57 bits per heavy atom. The molecule has 1 aromatic rings. The van der Waals surface area contributed by atoms with Crippen LogP contribution in [-0.2, 0) is 9.53 Å². The van der Waals surface area contributed by atoms with Gasteiger partial charge in [-0.1, -0.05) is 0 Å². The summed E-state index contributed by atoms with van der Waals surface area (Å²) in [4.78, 5) is 29.4. The van der Waals surface area contributed by atoms with Gasteiger partial charge in [0, 0.05) is 13.1 Å². The van der Waals surface area contributed by atoms with Crippen LogP contribution in [0.1, 0.15) is 17.3 Å². The normalized spacial score (nSPS) is 18.3. The van der Waals surface area contributed by atoms with Gasteiger partial charge in [-0.3, -0.25) is 9.59 Å². The molecule has 0 aliphatic carbocycles. The van der Waals surface area contributed by atoms with Crippen molar-refractivity contribution in [2.45, 2.75) is 13.0 Å². The molecule has 1 fully saturated rings. The van der Waals surface area contributed by atoms with Crippen LogP contribution in [0, 0.1) is 0 Å². The maximum absolute atomic E-state index is 12.1. The number of hydrogen-bond donors (Lipinski definition) is 3. The van der Waals surface area contributed by atoms with Crippen LogP contribution in [0.3, 0.4) is 0 Å². The fraction of sp³-hybridized carbons (Fsp3) is 0.462. The van der Waals surface area contributed by atoms with Crippen LogP contribution in [0.5, 0.6) is 0 Å². The molecular formula is C13H19N5O3. The van der Waals surface area contributed by atoms with Crippen molar-refractivity contribution < 1.29 is 14.3 Å². The SMILES string of the molecule is CCNC(=O)C1COCCN1c1cc(C(N)=O)c(N)cn1. The third kappa shape index (κ3) is 3.22. The predicted molar refractivity (Wildman–Crippen MR) is 77.8 cm³/mol. The van der Waals surface area contributed by atoms with E-state index >= 15 is 0 Å². The number of pyridine rings is 1. The molecule has 2 amide bonds. The molecular weight excluding hydrogens is 274 g/mol. The third-order valence-corrected chi connectivity index (χ3v) is 3.26. The van der Waals surface area contributed by atoms with Crippen molar-refractivity contribution in [3.05, 3.63) is 17.8 Å². The zero-order valence-electron chi connectivity index (χ0n) is 11.8. The predicted octanol–water partition coefficient (Wildman–Crippen LogP) is -0.896. The number of carbonyl (C=O) groups is 2. The van der Waals surface area contributed by atoms with Crippen LogP contribution in [-0.4, -0.2) is 49.1 Å². The number of aromatic nitrogens is 1. The van der Waals surface area contributed by atoms with Crippen molar-refractivity contribution in [2.75, 3.05) is 36.9 Å². The van der Waals surface area contributed by atoms with Gasteiger partial charge < -0.3 is 26.4 Å². The van der Waals surface area contributed by atoms with E-state index in [0.29, 0.717) is 25.5 Å². The first-order valence-corrected chi connectivity index (χ1v) is 6.72. The molecule has 1 aliphatic rings. The number of primary amides is 1. The molecule has 1 aliphatic heterocycles. The number of amides is 2. The third-order valence-electron chi connectivity index (χ3n) is 3.26. The Labute approximate surface area is 122 Å². The lowest BCUT2D eigenvalue weighted by Gasteiger charge is -2.35. The molecule has 5 N–H and O–H groups in total. The second kappa shape index (κ2) is 6.40. The number of anilines is 2. The lowest BCUT2D eigenvalue weighted by atomic mass is 10.1. The summed E-state index contributed by atoms with van der Waals surface area (Å²) >= 11 is 0. The summed E-state index contributed by atoms with van der Waals surface area (Å²) in [6.45, 7) is 3.62. The number of morpholine rings is 1. The van der Waals surface area contributed by atoms with Gasteiger partial charge in [0.15, 0.2) is 0 Å². The number of rotatable bonds is 4. The second-order valence-electron chi connectivity index (χ2n) is 4.67. The summed E-state index contributed by atoms with van der Waals surface area (Å²) in [5.41, 5.74) is 11.4. The number of ether oxygens (including phenoxy) is 1. The molecule has 0 radical (unpaired) electrons. The first-order chi connectivity index (χ1) is 10.0. The van der Waals surface area contributed by atoms with E-state index in [4.69, 9.17) is 16.2 Å². The van der Waals surface area contributed by atoms with Gasteiger partial charge in [-0.25, -0.2) is 4.98 Å². The van der Waals surface area contributed by atoms with Crippen LogP contribution in [0.15, 0.2) is 12.3 Å². The number of nitrogens with one attached hydrogen (secondary N) is 1. The highest BCUT2D eigenvalue weighted by Gasteiger charge is 2.30. The van der Waals surface area contributed by atoms with E-state index in [1.165, 1.54) is 12.3 Å². The highest BCUT2D eigenvalue weighted by molar-refractivity contribution is 5.98. The van der Waals surface area contributed by atoms with Crippen molar-refractivity contribution in [3.8, 4) is 0 Å². The van der Waals surface area contributed by atoms with Crippen LogP contribution in [0.4, 0.5) is 11.5 Å². The standard InChI is InChI=1S/C13H19N5O3/c1-2-16-13(20)10-7-21-4-3-18(10)11-5-8(12(15)19)9(14)6-17-11/h5-6,10H,2-4,7,14H2,1H3,(H2,15,19)(H,16,20). The highest BCUT2D eigenvalue weighted by Crippen LogP contribution is 2.21. The van der Waals surface area contributed by atoms with E-state index in [0.717, 1.165) is 0 Å². The number of likely N-dealkylation sites (N-methyl/N-ethyl adjacent to an activating group) is 1. The smallest absolute Gasteiger partial charge is 0.250 e. The van der Waals surface area contributed by atoms with E-state index in [2.05, 4.69) is 10.3 Å². The Morgan fingerprint density at radius 3 is 3.00 bits per heavy atom. The second-order valence-corrected chi connectivity index (χ2v) is 4.67. The average molecular weight is 293 g/mol. The van der Waals surface area contributed by atoms with E-state index in [1.807, 2.05) is 6.92 Å². The van der Waals surface area contributed by atoms with Crippen molar-refractivity contribution in [2.24, 2.45) is 5.73 Å². The molecule has 21 heavy (non-hydrogen) atoms. The van der Waals surface area contributed by atoms with E-state index in [9.17, 15) is 9.59 Å². The van der Waals surface area contributed by atoms with Gasteiger partial charge in [-0.15, -0.1) is 0 Å². The molecule has 2 rings (SSSR count). The van der Waals surface area contributed by atoms with Gasteiger partial charge >= 0.3 is 0 Å². The largest absolute Gasteiger partial charge is 0.397 e. The maximum Gasteiger partial charge on any atom is 0.250 e. The average Bonchev–Trinajstić information content (AvgIpc) is 2.47. The maximum atomic E-state index is 12.1. The Hall–Kier alpha value is -2.35. The molecule has 0 aromatic carbocycles. The van der Waals surface area contributed by atoms with Gasteiger partial charge in [0.25, 0.3) is 5.91 Å². The minimum Gasteiger partial charge on any atom is -0.397 e. The zero-order chi connectivity index (χ0) is 15.4. The fourth-order valence-corrected chi connectivity index (χ4v) is 2.21. The van der Waals surface area contributed by atoms with Crippen LogP contribution in [0.25, 0.3) is 0 Å². The lowest BCUT2D eigenvalue weighted by Crippen LogP contribution is -2.54. The molecule has 1 atom stereocenters. The monoisotopic (exact) mass is 293 g/mol. The molecule has 0 bridgehead atoms. The Balaban J connectivity index is 2.31. The van der Waals surface area contributed by atoms with Gasteiger partial charge in [-0.2, -0.15) is 0 Å². The van der Waals surface area contributed by atoms with Crippen molar-refractivity contribution in [1.29, 1.82) is 0 Å². The van der Waals surface area contributed by atoms with Gasteiger partial charge in [0.1, 0.15) is 11.9 Å². The van der Waals surface area contributed by atoms with Gasteiger partial charge in [0.05, 0.1) is 30.7 Å². The van der Waals surface area contributed by atoms with Crippen LogP contribution >= 0.6 is 0 Å². The molecule has 0 saturated carbocycles. The molecule has 8 heteroatoms. The lowest BCUT2D eigenvalue weighted by molar-refractivity contribution is -0.124. The van der Waals surface area contributed by atoms with Crippen molar-refractivity contribution in [1.82, 2.24) is 10.3 Å². The Morgan fingerprint density at radius 2 is 2.33 bits per heavy atom. The van der Waals surface area contributed by atoms with E-state index in [1.54, 1.807) is 4.90 Å². The molecule has 114 valence electrons. The van der Waals surface area contributed by atoms with Crippen molar-refractivity contribution in [3.63, 3.8) is 0 Å². The van der Waals surface area contributed by atoms with Crippen LogP contribution < -0.4 is 21.7 Å². The molecule has 1 unspecified atom stereocenters. The summed E-state index contributed by atoms with van der Waals surface area (Å²) < 4.78 is 5.36. The summed E-state index contributed by atoms with van der Waals surface area (Å²) in [5, 5.41) is 2.76. The van der Waals surface area contributed by atoms with E-state index < -0.39 is 11.9 Å². The van der Waals surface area contributed by atoms with Gasteiger partial charge in [-0.05, 0) is 13.0 Å². The summed E-state index contributed by atoms with van der Waals surface area (Å²) in [6, 6.07) is 1.02. The zero-order valence-corrected chi connectivity index (χ0v) is 11.8. The van der Waals surface area contributed by atoms with Crippen molar-refractivity contribution >= 4 is 23.3 Å². The van der Waals surface area contributed by atoms with Crippen LogP contribution in [0.2, 0.25) is 0 Å². The molecule has 1 saturated heterocycles. The molecule has 8 nitrogen and oxygen atoms in total. The summed E-state index contributed by atoms with van der Waals surface area (Å²) in [7, 11) is 0. The number of nitrogens with two attached hydrogens (primary N) is 2. The molecule has 2 heterocycles. The minimum atomic E-state index is -0.626. The number of nitrogen functional groups attached to an aromatic ring is 1. The number of carbonyl (C=O) groups excluding carboxylic acids is 2. The summed E-state index contributed by atoms with van der Waals surface area (Å²) in [5.74, 6) is -0.284. The highest BCUT2D eigenvalue weighted by atomic mass is 16.5. The first kappa shape index (κ1) is 15.0. The minimum absolute atomic E-state index is 0.142. The number of hydrogen-bond acceptors (Lipinski definition) is 6. The fourth-order valence-electron chi connectivity index (χ4n) is 2.21. The molecule has 0 spiro atoms. The summed E-state index contributed by atoms with van der Waals surface area (Å²) in [6.07, 6.45) is 1.37. The molecule has 1 aromatic heterocycles. The number of nitrogens with zero attached hydrogens (tertiary/aromatic N) is 2. The van der Waals surface area contributed by atoms with Gasteiger partial charge in [0.2, 0.25) is 5.91 Å². The Kier molecular flexibility index (Phi) is 4.59. The first-order valence-electron chi connectivity index (χ1n) is 6.72. The quantitative estimate of drug-likeness (QED) is 0.661. The van der Waals surface area contributed by atoms with E-state index in [-0.39, 0.29) is 23.8 Å². The Bertz CT molecular complexity index is 549. The topological polar surface area (TPSA) is 124 Å².